The molecule has 18 heavy (non-hydrogen) atoms. The molecule has 1 aromatic heterocycles. The number of anilines is 1. The number of aromatic nitrogens is 1. The molecule has 2 aromatic rings. The minimum absolute atomic E-state index is 0.410. The number of hydrogen-bond acceptors (Lipinski definition) is 3. The Labute approximate surface area is 107 Å². The lowest BCUT2D eigenvalue weighted by atomic mass is 10.0. The molecule has 0 radical (unpaired) electrons. The number of nitrogen functional groups attached to an aromatic ring is 1. The number of aryl methyl sites for hydroxylation is 1. The van der Waals surface area contributed by atoms with Gasteiger partial charge in [-0.2, -0.15) is 0 Å². The third kappa shape index (κ3) is 2.30. The number of benzene rings is 1. The van der Waals surface area contributed by atoms with Crippen LogP contribution in [0.1, 0.15) is 18.4 Å². The molecule has 1 aromatic carbocycles. The van der Waals surface area contributed by atoms with Crippen LogP contribution in [0.4, 0.5) is 5.82 Å². The largest absolute Gasteiger partial charge is 0.490 e. The Bertz CT molecular complexity index is 576. The lowest BCUT2D eigenvalue weighted by Crippen LogP contribution is -1.97. The maximum atomic E-state index is 5.93. The molecule has 0 unspecified atom stereocenters. The molecule has 1 aliphatic carbocycles. The summed E-state index contributed by atoms with van der Waals surface area (Å²) >= 11 is 0. The predicted molar refractivity (Wildman–Crippen MR) is 72.5 cm³/mol. The van der Waals surface area contributed by atoms with Gasteiger partial charge in [-0.05, 0) is 49.1 Å². The van der Waals surface area contributed by atoms with Crippen LogP contribution in [-0.4, -0.2) is 11.1 Å². The van der Waals surface area contributed by atoms with Crippen LogP contribution in [0.2, 0.25) is 0 Å². The SMILES string of the molecule is Cc1cnc(N)c(-c2cccc(OC3CC3)c2)c1. The Hall–Kier alpha value is -2.03. The van der Waals surface area contributed by atoms with Crippen LogP contribution in [0, 0.1) is 6.92 Å². The maximum Gasteiger partial charge on any atom is 0.131 e. The van der Waals surface area contributed by atoms with E-state index in [9.17, 15) is 0 Å². The van der Waals surface area contributed by atoms with Crippen LogP contribution in [0.5, 0.6) is 5.75 Å². The highest BCUT2D eigenvalue weighted by molar-refractivity contribution is 5.75. The van der Waals surface area contributed by atoms with Crippen molar-refractivity contribution in [3.05, 3.63) is 42.1 Å². The van der Waals surface area contributed by atoms with E-state index in [1.807, 2.05) is 31.2 Å². The molecule has 1 aliphatic rings. The summed E-state index contributed by atoms with van der Waals surface area (Å²) in [5, 5.41) is 0. The second-order valence-electron chi connectivity index (χ2n) is 4.79. The third-order valence-corrected chi connectivity index (χ3v) is 3.03. The first kappa shape index (κ1) is 11.1. The zero-order valence-electron chi connectivity index (χ0n) is 10.4. The standard InChI is InChI=1S/C15H16N2O/c1-10-7-14(15(16)17-9-10)11-3-2-4-13(8-11)18-12-5-6-12/h2-4,7-9,12H,5-6H2,1H3,(H2,16,17). The van der Waals surface area contributed by atoms with E-state index < -0.39 is 0 Å². The lowest BCUT2D eigenvalue weighted by Gasteiger charge is -2.09. The van der Waals surface area contributed by atoms with Gasteiger partial charge in [-0.3, -0.25) is 0 Å². The van der Waals surface area contributed by atoms with Crippen molar-refractivity contribution in [3.63, 3.8) is 0 Å². The highest BCUT2D eigenvalue weighted by Gasteiger charge is 2.23. The van der Waals surface area contributed by atoms with Crippen LogP contribution in [0.25, 0.3) is 11.1 Å². The Balaban J connectivity index is 1.96. The molecular weight excluding hydrogens is 224 g/mol. The number of nitrogens with zero attached hydrogens (tertiary/aromatic N) is 1. The average Bonchev–Trinajstić information content (AvgIpc) is 3.16. The van der Waals surface area contributed by atoms with Gasteiger partial charge in [0.1, 0.15) is 11.6 Å². The molecule has 0 spiro atoms. The van der Waals surface area contributed by atoms with Crippen molar-refractivity contribution in [2.45, 2.75) is 25.9 Å². The number of nitrogens with two attached hydrogens (primary N) is 1. The van der Waals surface area contributed by atoms with E-state index in [4.69, 9.17) is 10.5 Å². The van der Waals surface area contributed by atoms with Gasteiger partial charge in [0.2, 0.25) is 0 Å². The Morgan fingerprint density at radius 2 is 2.11 bits per heavy atom. The monoisotopic (exact) mass is 240 g/mol. The van der Waals surface area contributed by atoms with Crippen LogP contribution >= 0.6 is 0 Å². The number of hydrogen-bond donors (Lipinski definition) is 1. The summed E-state index contributed by atoms with van der Waals surface area (Å²) in [7, 11) is 0. The summed E-state index contributed by atoms with van der Waals surface area (Å²) < 4.78 is 5.80. The minimum atomic E-state index is 0.410. The summed E-state index contributed by atoms with van der Waals surface area (Å²) in [6, 6.07) is 10.1. The van der Waals surface area contributed by atoms with Gasteiger partial charge in [0.25, 0.3) is 0 Å². The first-order valence-electron chi connectivity index (χ1n) is 6.21. The molecule has 0 bridgehead atoms. The molecule has 0 atom stereocenters. The molecule has 3 rings (SSSR count). The molecule has 3 heteroatoms. The molecule has 1 fully saturated rings. The van der Waals surface area contributed by atoms with Crippen molar-refractivity contribution in [2.24, 2.45) is 0 Å². The zero-order chi connectivity index (χ0) is 12.5. The second kappa shape index (κ2) is 4.33. The first-order valence-corrected chi connectivity index (χ1v) is 6.21. The van der Waals surface area contributed by atoms with Gasteiger partial charge in [-0.15, -0.1) is 0 Å². The van der Waals surface area contributed by atoms with Crippen LogP contribution < -0.4 is 10.5 Å². The van der Waals surface area contributed by atoms with E-state index in [0.717, 1.165) is 22.4 Å². The quantitative estimate of drug-likeness (QED) is 0.896. The molecule has 92 valence electrons. The fourth-order valence-corrected chi connectivity index (χ4v) is 1.93. The second-order valence-corrected chi connectivity index (χ2v) is 4.79. The van der Waals surface area contributed by atoms with Crippen molar-refractivity contribution >= 4 is 5.82 Å². The fourth-order valence-electron chi connectivity index (χ4n) is 1.93. The van der Waals surface area contributed by atoms with E-state index in [0.29, 0.717) is 11.9 Å². The lowest BCUT2D eigenvalue weighted by molar-refractivity contribution is 0.303. The van der Waals surface area contributed by atoms with Crippen molar-refractivity contribution < 1.29 is 4.74 Å². The summed E-state index contributed by atoms with van der Waals surface area (Å²) in [5.41, 5.74) is 9.06. The van der Waals surface area contributed by atoms with E-state index in [2.05, 4.69) is 11.1 Å². The van der Waals surface area contributed by atoms with Crippen molar-refractivity contribution in [2.75, 3.05) is 5.73 Å². The summed E-state index contributed by atoms with van der Waals surface area (Å²) in [6.07, 6.45) is 4.52. The topological polar surface area (TPSA) is 48.1 Å². The van der Waals surface area contributed by atoms with Gasteiger partial charge in [-0.25, -0.2) is 4.98 Å². The van der Waals surface area contributed by atoms with E-state index in [1.165, 1.54) is 12.8 Å². The molecule has 3 nitrogen and oxygen atoms in total. The number of ether oxygens (including phenoxy) is 1. The highest BCUT2D eigenvalue weighted by Crippen LogP contribution is 2.31. The van der Waals surface area contributed by atoms with Gasteiger partial charge in [0, 0.05) is 11.8 Å². The molecule has 2 N–H and O–H groups in total. The Morgan fingerprint density at radius 3 is 2.89 bits per heavy atom. The average molecular weight is 240 g/mol. The van der Waals surface area contributed by atoms with E-state index in [-0.39, 0.29) is 0 Å². The molecule has 1 saturated carbocycles. The Kier molecular flexibility index (Phi) is 2.67. The molecular formula is C15H16N2O. The summed E-state index contributed by atoms with van der Waals surface area (Å²) in [6.45, 7) is 2.01. The molecule has 0 amide bonds. The maximum absolute atomic E-state index is 5.93. The zero-order valence-corrected chi connectivity index (χ0v) is 10.4. The third-order valence-electron chi connectivity index (χ3n) is 3.03. The molecule has 1 heterocycles. The molecule has 0 aliphatic heterocycles. The minimum Gasteiger partial charge on any atom is -0.490 e. The first-order chi connectivity index (χ1) is 8.72. The van der Waals surface area contributed by atoms with Crippen molar-refractivity contribution in [1.82, 2.24) is 4.98 Å². The predicted octanol–water partition coefficient (Wildman–Crippen LogP) is 3.18. The summed E-state index contributed by atoms with van der Waals surface area (Å²) in [4.78, 5) is 4.19. The fraction of sp³-hybridized carbons (Fsp3) is 0.267. The smallest absolute Gasteiger partial charge is 0.131 e. The van der Waals surface area contributed by atoms with Crippen molar-refractivity contribution in [3.8, 4) is 16.9 Å². The van der Waals surface area contributed by atoms with Gasteiger partial charge in [-0.1, -0.05) is 12.1 Å². The van der Waals surface area contributed by atoms with Crippen LogP contribution in [0.3, 0.4) is 0 Å². The summed E-state index contributed by atoms with van der Waals surface area (Å²) in [5.74, 6) is 1.47. The molecule has 0 saturated heterocycles. The van der Waals surface area contributed by atoms with Gasteiger partial charge in [0.15, 0.2) is 0 Å². The normalized spacial score (nSPS) is 14.5. The Morgan fingerprint density at radius 1 is 1.28 bits per heavy atom. The number of rotatable bonds is 3. The number of pyridine rings is 1. The van der Waals surface area contributed by atoms with Gasteiger partial charge in [0.05, 0.1) is 6.10 Å². The van der Waals surface area contributed by atoms with Crippen LogP contribution in [0.15, 0.2) is 36.5 Å². The van der Waals surface area contributed by atoms with Crippen LogP contribution in [-0.2, 0) is 0 Å². The van der Waals surface area contributed by atoms with Gasteiger partial charge < -0.3 is 10.5 Å². The van der Waals surface area contributed by atoms with Crippen molar-refractivity contribution in [1.29, 1.82) is 0 Å². The van der Waals surface area contributed by atoms with Gasteiger partial charge >= 0.3 is 0 Å². The highest BCUT2D eigenvalue weighted by atomic mass is 16.5. The van der Waals surface area contributed by atoms with E-state index in [1.54, 1.807) is 6.20 Å². The van der Waals surface area contributed by atoms with E-state index >= 15 is 0 Å².